The van der Waals surface area contributed by atoms with Crippen molar-refractivity contribution in [2.75, 3.05) is 7.11 Å². The lowest BCUT2D eigenvalue weighted by Gasteiger charge is -2.37. The van der Waals surface area contributed by atoms with Crippen LogP contribution in [0.1, 0.15) is 48.3 Å². The van der Waals surface area contributed by atoms with Gasteiger partial charge in [0, 0.05) is 13.0 Å². The van der Waals surface area contributed by atoms with Crippen molar-refractivity contribution in [1.29, 1.82) is 0 Å². The highest BCUT2D eigenvalue weighted by Crippen LogP contribution is 2.54. The molecule has 2 aliphatic rings. The van der Waals surface area contributed by atoms with E-state index in [9.17, 15) is 0 Å². The van der Waals surface area contributed by atoms with Gasteiger partial charge in [0.15, 0.2) is 0 Å². The SMILES string of the molecule is COC1(C2C(c3ccccc3)=Cc3ccccc32)CCCC1. The smallest absolute Gasteiger partial charge is 0.0787 e. The summed E-state index contributed by atoms with van der Waals surface area (Å²) in [4.78, 5) is 0. The zero-order valence-electron chi connectivity index (χ0n) is 13.1. The molecular weight excluding hydrogens is 268 g/mol. The standard InChI is InChI=1S/C21H22O/c1-22-21(13-7-8-14-21)20-18-12-6-5-11-17(18)15-19(20)16-9-3-2-4-10-16/h2-6,9-12,15,20H,7-8,13-14H2,1H3. The van der Waals surface area contributed by atoms with Crippen LogP contribution in [0.15, 0.2) is 54.6 Å². The molecule has 2 aromatic carbocycles. The van der Waals surface area contributed by atoms with Crippen molar-refractivity contribution in [3.63, 3.8) is 0 Å². The van der Waals surface area contributed by atoms with Crippen molar-refractivity contribution in [1.82, 2.24) is 0 Å². The lowest BCUT2D eigenvalue weighted by atomic mass is 9.76. The van der Waals surface area contributed by atoms with E-state index >= 15 is 0 Å². The van der Waals surface area contributed by atoms with Gasteiger partial charge in [-0.15, -0.1) is 0 Å². The fourth-order valence-electron chi connectivity index (χ4n) is 4.36. The Morgan fingerprint density at radius 3 is 2.32 bits per heavy atom. The van der Waals surface area contributed by atoms with E-state index in [1.807, 2.05) is 7.11 Å². The third kappa shape index (κ3) is 2.04. The Kier molecular flexibility index (Phi) is 3.38. The molecule has 112 valence electrons. The topological polar surface area (TPSA) is 9.23 Å². The minimum Gasteiger partial charge on any atom is -0.377 e. The summed E-state index contributed by atoms with van der Waals surface area (Å²) in [5.41, 5.74) is 5.51. The largest absolute Gasteiger partial charge is 0.377 e. The summed E-state index contributed by atoms with van der Waals surface area (Å²) in [5.74, 6) is 0.360. The van der Waals surface area contributed by atoms with Crippen molar-refractivity contribution in [3.05, 3.63) is 71.3 Å². The molecule has 1 nitrogen and oxygen atoms in total. The average Bonchev–Trinajstić information content (AvgIpc) is 3.20. The highest BCUT2D eigenvalue weighted by molar-refractivity contribution is 5.92. The van der Waals surface area contributed by atoms with Gasteiger partial charge in [0.25, 0.3) is 0 Å². The second-order valence-corrected chi connectivity index (χ2v) is 6.50. The van der Waals surface area contributed by atoms with E-state index < -0.39 is 0 Å². The normalized spacial score (nSPS) is 22.4. The van der Waals surface area contributed by atoms with Crippen LogP contribution < -0.4 is 0 Å². The van der Waals surface area contributed by atoms with Gasteiger partial charge in [-0.2, -0.15) is 0 Å². The summed E-state index contributed by atoms with van der Waals surface area (Å²) in [5, 5.41) is 0. The zero-order chi connectivity index (χ0) is 15.0. The molecule has 0 N–H and O–H groups in total. The highest BCUT2D eigenvalue weighted by atomic mass is 16.5. The Hall–Kier alpha value is -1.86. The molecule has 0 amide bonds. The molecule has 0 radical (unpaired) electrons. The van der Waals surface area contributed by atoms with E-state index in [4.69, 9.17) is 4.74 Å². The van der Waals surface area contributed by atoms with Crippen LogP contribution in [0.25, 0.3) is 11.6 Å². The van der Waals surface area contributed by atoms with Crippen molar-refractivity contribution >= 4 is 11.6 Å². The second-order valence-electron chi connectivity index (χ2n) is 6.50. The third-order valence-electron chi connectivity index (χ3n) is 5.42. The van der Waals surface area contributed by atoms with Gasteiger partial charge in [0.2, 0.25) is 0 Å². The van der Waals surface area contributed by atoms with Gasteiger partial charge < -0.3 is 4.74 Å². The molecule has 2 aliphatic carbocycles. The third-order valence-corrected chi connectivity index (χ3v) is 5.42. The average molecular weight is 290 g/mol. The minimum absolute atomic E-state index is 0.0335. The van der Waals surface area contributed by atoms with Crippen molar-refractivity contribution < 1.29 is 4.74 Å². The fraction of sp³-hybridized carbons (Fsp3) is 0.333. The van der Waals surface area contributed by atoms with Crippen LogP contribution >= 0.6 is 0 Å². The van der Waals surface area contributed by atoms with Crippen LogP contribution in [0.5, 0.6) is 0 Å². The number of hydrogen-bond donors (Lipinski definition) is 0. The predicted molar refractivity (Wildman–Crippen MR) is 91.7 cm³/mol. The molecule has 22 heavy (non-hydrogen) atoms. The Morgan fingerprint density at radius 1 is 0.909 bits per heavy atom. The predicted octanol–water partition coefficient (Wildman–Crippen LogP) is 5.28. The molecule has 1 saturated carbocycles. The Labute approximate surface area is 132 Å². The van der Waals surface area contributed by atoms with E-state index in [1.54, 1.807) is 0 Å². The quantitative estimate of drug-likeness (QED) is 0.747. The second kappa shape index (κ2) is 5.40. The summed E-state index contributed by atoms with van der Waals surface area (Å²) in [6, 6.07) is 19.6. The van der Waals surface area contributed by atoms with Gasteiger partial charge in [-0.05, 0) is 35.1 Å². The Balaban J connectivity index is 1.87. The first kappa shape index (κ1) is 13.8. The van der Waals surface area contributed by atoms with E-state index in [2.05, 4.69) is 60.7 Å². The molecule has 4 rings (SSSR count). The van der Waals surface area contributed by atoms with Crippen LogP contribution in [-0.2, 0) is 4.74 Å². The maximum absolute atomic E-state index is 6.15. The van der Waals surface area contributed by atoms with Gasteiger partial charge >= 0.3 is 0 Å². The fourth-order valence-corrected chi connectivity index (χ4v) is 4.36. The number of methoxy groups -OCH3 is 1. The Morgan fingerprint density at radius 2 is 1.59 bits per heavy atom. The number of rotatable bonds is 3. The monoisotopic (exact) mass is 290 g/mol. The number of hydrogen-bond acceptors (Lipinski definition) is 1. The van der Waals surface area contributed by atoms with Crippen LogP contribution in [-0.4, -0.2) is 12.7 Å². The Bertz CT molecular complexity index is 693. The maximum Gasteiger partial charge on any atom is 0.0787 e. The van der Waals surface area contributed by atoms with Gasteiger partial charge in [0.05, 0.1) is 5.60 Å². The van der Waals surface area contributed by atoms with Crippen LogP contribution in [0.3, 0.4) is 0 Å². The van der Waals surface area contributed by atoms with E-state index in [1.165, 1.54) is 35.1 Å². The van der Waals surface area contributed by atoms with Gasteiger partial charge in [-0.3, -0.25) is 0 Å². The van der Waals surface area contributed by atoms with Crippen molar-refractivity contribution in [2.24, 2.45) is 0 Å². The van der Waals surface area contributed by atoms with E-state index in [0.717, 1.165) is 12.8 Å². The molecule has 1 heteroatoms. The summed E-state index contributed by atoms with van der Waals surface area (Å²) in [6.45, 7) is 0. The molecule has 0 heterocycles. The summed E-state index contributed by atoms with van der Waals surface area (Å²) < 4.78 is 6.15. The van der Waals surface area contributed by atoms with Gasteiger partial charge in [-0.25, -0.2) is 0 Å². The molecule has 0 aromatic heterocycles. The molecular formula is C21H22O. The number of ether oxygens (including phenoxy) is 1. The first-order chi connectivity index (χ1) is 10.8. The van der Waals surface area contributed by atoms with Crippen LogP contribution in [0, 0.1) is 0 Å². The highest BCUT2D eigenvalue weighted by Gasteiger charge is 2.46. The zero-order valence-corrected chi connectivity index (χ0v) is 13.1. The first-order valence-corrected chi connectivity index (χ1v) is 8.25. The molecule has 0 saturated heterocycles. The van der Waals surface area contributed by atoms with Crippen molar-refractivity contribution in [3.8, 4) is 0 Å². The number of benzene rings is 2. The molecule has 1 unspecified atom stereocenters. The molecule has 0 bridgehead atoms. The molecule has 0 aliphatic heterocycles. The van der Waals surface area contributed by atoms with Crippen LogP contribution in [0.2, 0.25) is 0 Å². The lowest BCUT2D eigenvalue weighted by molar-refractivity contribution is -0.0132. The maximum atomic E-state index is 6.15. The first-order valence-electron chi connectivity index (χ1n) is 8.25. The molecule has 0 spiro atoms. The van der Waals surface area contributed by atoms with E-state index in [-0.39, 0.29) is 5.60 Å². The summed E-state index contributed by atoms with van der Waals surface area (Å²) >= 11 is 0. The minimum atomic E-state index is -0.0335. The summed E-state index contributed by atoms with van der Waals surface area (Å²) in [7, 11) is 1.90. The summed E-state index contributed by atoms with van der Waals surface area (Å²) in [6.07, 6.45) is 7.23. The number of fused-ring (bicyclic) bond motifs is 1. The molecule has 1 atom stereocenters. The van der Waals surface area contributed by atoms with Crippen molar-refractivity contribution in [2.45, 2.75) is 37.2 Å². The molecule has 2 aromatic rings. The van der Waals surface area contributed by atoms with E-state index in [0.29, 0.717) is 5.92 Å². The van der Waals surface area contributed by atoms with Crippen LogP contribution in [0.4, 0.5) is 0 Å². The van der Waals surface area contributed by atoms with Gasteiger partial charge in [0.1, 0.15) is 0 Å². The van der Waals surface area contributed by atoms with Gasteiger partial charge in [-0.1, -0.05) is 73.5 Å². The molecule has 1 fully saturated rings. The lowest BCUT2D eigenvalue weighted by Crippen LogP contribution is -2.35.